The highest BCUT2D eigenvalue weighted by atomic mass is 32.2. The number of alkyl halides is 4. The van der Waals surface area contributed by atoms with Gasteiger partial charge in [0.2, 0.25) is 0 Å². The van der Waals surface area contributed by atoms with E-state index in [9.17, 15) is 21.4 Å². The summed E-state index contributed by atoms with van der Waals surface area (Å²) in [7, 11) is 0. The van der Waals surface area contributed by atoms with E-state index in [1.165, 1.54) is 0 Å². The zero-order valence-corrected chi connectivity index (χ0v) is 15.2. The zero-order chi connectivity index (χ0) is 18.5. The predicted molar refractivity (Wildman–Crippen MR) is 91.8 cm³/mol. The molecule has 1 fully saturated rings. The first kappa shape index (κ1) is 20.5. The van der Waals surface area contributed by atoms with Crippen molar-refractivity contribution in [3.05, 3.63) is 29.8 Å². The number of hydrogen-bond donors (Lipinski definition) is 0. The van der Waals surface area contributed by atoms with Crippen molar-refractivity contribution >= 4 is 12.1 Å². The first-order valence-electron chi connectivity index (χ1n) is 8.97. The zero-order valence-electron chi connectivity index (χ0n) is 14.4. The Balaban J connectivity index is 2.01. The molecule has 1 saturated carbocycles. The molecule has 0 amide bonds. The van der Waals surface area contributed by atoms with Crippen LogP contribution in [0.1, 0.15) is 63.9 Å². The number of benzene rings is 1. The summed E-state index contributed by atoms with van der Waals surface area (Å²) >= 11 is -0.101. The molecule has 1 aromatic rings. The van der Waals surface area contributed by atoms with E-state index in [1.807, 2.05) is 0 Å². The highest BCUT2D eigenvalue weighted by Crippen LogP contribution is 2.52. The monoisotopic (exact) mass is 380 g/mol. The minimum Gasteiger partial charge on any atom is -0.199 e. The second-order valence-corrected chi connectivity index (χ2v) is 7.64. The van der Waals surface area contributed by atoms with E-state index >= 15 is 0 Å². The molecule has 0 heterocycles. The normalized spacial score (nSPS) is 22.2. The van der Waals surface area contributed by atoms with Crippen LogP contribution in [-0.4, -0.2) is 5.92 Å². The fourth-order valence-electron chi connectivity index (χ4n) is 3.66. The van der Waals surface area contributed by atoms with Gasteiger partial charge in [-0.2, -0.15) is 21.4 Å². The van der Waals surface area contributed by atoms with Gasteiger partial charge in [-0.05, 0) is 43.7 Å². The third-order valence-electron chi connectivity index (χ3n) is 5.30. The summed E-state index contributed by atoms with van der Waals surface area (Å²) in [5, 5.41) is 0. The van der Waals surface area contributed by atoms with Crippen LogP contribution >= 0.6 is 12.1 Å². The highest BCUT2D eigenvalue weighted by Gasteiger charge is 2.61. The SMILES string of the molecule is CCCCCC1CCC(C(F)(F)C(F)(F)c2ccc(SF)cc2)CC1. The molecule has 0 N–H and O–H groups in total. The molecular weight excluding hydrogens is 355 g/mol. The molecule has 0 saturated heterocycles. The lowest BCUT2D eigenvalue weighted by Gasteiger charge is -2.37. The second-order valence-electron chi connectivity index (χ2n) is 7.01. The Kier molecular flexibility index (Phi) is 7.18. The topological polar surface area (TPSA) is 0 Å². The van der Waals surface area contributed by atoms with E-state index in [4.69, 9.17) is 0 Å². The number of hydrogen-bond acceptors (Lipinski definition) is 1. The van der Waals surface area contributed by atoms with E-state index in [1.54, 1.807) is 0 Å². The Morgan fingerprint density at radius 1 is 0.960 bits per heavy atom. The lowest BCUT2D eigenvalue weighted by molar-refractivity contribution is -0.249. The van der Waals surface area contributed by atoms with Gasteiger partial charge >= 0.3 is 11.8 Å². The molecule has 0 unspecified atom stereocenters. The van der Waals surface area contributed by atoms with Crippen LogP contribution in [0.15, 0.2) is 29.2 Å². The van der Waals surface area contributed by atoms with E-state index in [0.29, 0.717) is 18.8 Å². The van der Waals surface area contributed by atoms with Gasteiger partial charge in [0.25, 0.3) is 0 Å². The van der Waals surface area contributed by atoms with Gasteiger partial charge in [-0.15, -0.1) is 0 Å². The standard InChI is InChI=1S/C19H25F5S/c1-2-3-4-5-14-6-8-15(9-7-14)18(20,21)19(22,23)16-10-12-17(25-24)13-11-16/h10-15H,2-9H2,1H3. The maximum atomic E-state index is 14.6. The Morgan fingerprint density at radius 3 is 2.08 bits per heavy atom. The summed E-state index contributed by atoms with van der Waals surface area (Å²) in [5.41, 5.74) is -0.750. The van der Waals surface area contributed by atoms with Crippen LogP contribution < -0.4 is 0 Å². The highest BCUT2D eigenvalue weighted by molar-refractivity contribution is 7.94. The Bertz CT molecular complexity index is 521. The van der Waals surface area contributed by atoms with Crippen molar-refractivity contribution in [2.45, 2.75) is 75.0 Å². The van der Waals surface area contributed by atoms with Gasteiger partial charge < -0.3 is 0 Å². The van der Waals surface area contributed by atoms with Crippen LogP contribution in [0.4, 0.5) is 21.4 Å². The third kappa shape index (κ3) is 4.69. The average molecular weight is 380 g/mol. The van der Waals surface area contributed by atoms with Crippen molar-refractivity contribution in [2.24, 2.45) is 11.8 Å². The fraction of sp³-hybridized carbons (Fsp3) is 0.684. The van der Waals surface area contributed by atoms with Crippen LogP contribution in [0.5, 0.6) is 0 Å². The second kappa shape index (κ2) is 8.74. The summed E-state index contributed by atoms with van der Waals surface area (Å²) in [4.78, 5) is 0.121. The molecule has 1 aromatic carbocycles. The molecule has 0 aliphatic heterocycles. The molecule has 142 valence electrons. The molecule has 1 aliphatic carbocycles. The van der Waals surface area contributed by atoms with Crippen molar-refractivity contribution < 1.29 is 21.4 Å². The van der Waals surface area contributed by atoms with E-state index in [2.05, 4.69) is 6.92 Å². The van der Waals surface area contributed by atoms with E-state index in [0.717, 1.165) is 49.9 Å². The summed E-state index contributed by atoms with van der Waals surface area (Å²) in [5.74, 6) is -9.26. The fourth-order valence-corrected chi connectivity index (χ4v) is 3.90. The number of unbranched alkanes of at least 4 members (excludes halogenated alkanes) is 2. The first-order valence-corrected chi connectivity index (χ1v) is 9.69. The van der Waals surface area contributed by atoms with Crippen LogP contribution in [0, 0.1) is 11.8 Å². The molecule has 0 bridgehead atoms. The molecular formula is C19H25F5S. The quantitative estimate of drug-likeness (QED) is 0.328. The summed E-state index contributed by atoms with van der Waals surface area (Å²) < 4.78 is 70.4. The average Bonchev–Trinajstić information content (AvgIpc) is 2.62. The minimum atomic E-state index is -4.24. The van der Waals surface area contributed by atoms with Gasteiger partial charge in [0.1, 0.15) is 0 Å². The van der Waals surface area contributed by atoms with E-state index < -0.39 is 23.3 Å². The van der Waals surface area contributed by atoms with Gasteiger partial charge in [-0.1, -0.05) is 44.7 Å². The molecule has 1 aliphatic rings. The smallest absolute Gasteiger partial charge is 0.199 e. The molecule has 0 aromatic heterocycles. The summed E-state index contributed by atoms with van der Waals surface area (Å²) in [6.07, 6.45) is 5.79. The minimum absolute atomic E-state index is 0.101. The molecule has 25 heavy (non-hydrogen) atoms. The van der Waals surface area contributed by atoms with Gasteiger partial charge in [0.15, 0.2) is 0 Å². The summed E-state index contributed by atoms with van der Waals surface area (Å²) in [6, 6.07) is 4.00. The van der Waals surface area contributed by atoms with Crippen molar-refractivity contribution in [1.82, 2.24) is 0 Å². The van der Waals surface area contributed by atoms with Crippen LogP contribution in [0.3, 0.4) is 0 Å². The summed E-state index contributed by atoms with van der Waals surface area (Å²) in [6.45, 7) is 2.11. The van der Waals surface area contributed by atoms with Crippen LogP contribution in [-0.2, 0) is 5.92 Å². The van der Waals surface area contributed by atoms with Crippen LogP contribution in [0.25, 0.3) is 0 Å². The lowest BCUT2D eigenvalue weighted by atomic mass is 9.75. The third-order valence-corrected chi connectivity index (χ3v) is 5.75. The van der Waals surface area contributed by atoms with Crippen molar-refractivity contribution in [3.8, 4) is 0 Å². The van der Waals surface area contributed by atoms with Gasteiger partial charge in [0, 0.05) is 16.4 Å². The van der Waals surface area contributed by atoms with E-state index in [-0.39, 0.29) is 29.9 Å². The van der Waals surface area contributed by atoms with Crippen molar-refractivity contribution in [3.63, 3.8) is 0 Å². The molecule has 6 heteroatoms. The molecule has 0 atom stereocenters. The van der Waals surface area contributed by atoms with Gasteiger partial charge in [-0.25, -0.2) is 0 Å². The predicted octanol–water partition coefficient (Wildman–Crippen LogP) is 7.78. The van der Waals surface area contributed by atoms with Crippen LogP contribution in [0.2, 0.25) is 0 Å². The van der Waals surface area contributed by atoms with Gasteiger partial charge in [-0.3, -0.25) is 0 Å². The molecule has 0 spiro atoms. The van der Waals surface area contributed by atoms with Crippen molar-refractivity contribution in [2.75, 3.05) is 0 Å². The molecule has 2 rings (SSSR count). The van der Waals surface area contributed by atoms with Crippen molar-refractivity contribution in [1.29, 1.82) is 0 Å². The first-order chi connectivity index (χ1) is 11.8. The number of rotatable bonds is 8. The van der Waals surface area contributed by atoms with Gasteiger partial charge in [0.05, 0.1) is 12.1 Å². The Labute approximate surface area is 150 Å². The largest absolute Gasteiger partial charge is 0.335 e. The Hall–Kier alpha value is -0.780. The molecule has 0 nitrogen and oxygen atoms in total. The molecule has 0 radical (unpaired) electrons. The lowest BCUT2D eigenvalue weighted by Crippen LogP contribution is -2.45. The Morgan fingerprint density at radius 2 is 1.56 bits per heavy atom. The maximum absolute atomic E-state index is 14.6. The number of halogens is 5. The maximum Gasteiger partial charge on any atom is 0.335 e.